The Morgan fingerprint density at radius 1 is 1.00 bits per heavy atom. The molecular weight excluding hydrogens is 484 g/mol. The molecule has 0 spiro atoms. The number of pyridine rings is 1. The van der Waals surface area contributed by atoms with E-state index in [0.717, 1.165) is 16.7 Å². The highest BCUT2D eigenvalue weighted by atomic mass is 35.5. The van der Waals surface area contributed by atoms with Crippen molar-refractivity contribution >= 4 is 45.6 Å². The lowest BCUT2D eigenvalue weighted by Crippen LogP contribution is -2.12. The van der Waals surface area contributed by atoms with Crippen LogP contribution in [-0.2, 0) is 0 Å². The van der Waals surface area contributed by atoms with Crippen LogP contribution in [-0.4, -0.2) is 40.8 Å². The number of nitrogens with zero attached hydrogens (tertiary/aromatic N) is 6. The van der Waals surface area contributed by atoms with Crippen LogP contribution in [0.1, 0.15) is 10.5 Å². The number of nitrogens with one attached hydrogen (secondary N) is 2. The van der Waals surface area contributed by atoms with Gasteiger partial charge >= 0.3 is 0 Å². The van der Waals surface area contributed by atoms with E-state index in [4.69, 9.17) is 11.6 Å². The quantitative estimate of drug-likeness (QED) is 0.336. The maximum Gasteiger partial charge on any atom is 0.275 e. The Morgan fingerprint density at radius 3 is 2.71 bits per heavy atom. The number of aromatic amines is 1. The number of H-pyrrole nitrogens is 1. The summed E-state index contributed by atoms with van der Waals surface area (Å²) in [6.07, 6.45) is 3.20. The van der Waals surface area contributed by atoms with Gasteiger partial charge in [0.15, 0.2) is 5.82 Å². The number of anilines is 1. The zero-order chi connectivity index (χ0) is 23.8. The third-order valence-electron chi connectivity index (χ3n) is 5.14. The largest absolute Gasteiger partial charge is 0.337 e. The van der Waals surface area contributed by atoms with Crippen LogP contribution in [0, 0.1) is 0 Å². The Bertz CT molecular complexity index is 1660. The predicted octanol–water partition coefficient (Wildman–Crippen LogP) is 5.23. The number of carbonyl (C=O) groups is 1. The van der Waals surface area contributed by atoms with Gasteiger partial charge in [0.2, 0.25) is 0 Å². The molecule has 0 atom stereocenters. The summed E-state index contributed by atoms with van der Waals surface area (Å²) in [4.78, 5) is 30.9. The second kappa shape index (κ2) is 8.75. The lowest BCUT2D eigenvalue weighted by Gasteiger charge is -2.02. The van der Waals surface area contributed by atoms with Crippen LogP contribution in [0.4, 0.5) is 5.69 Å². The third-order valence-corrected chi connectivity index (χ3v) is 6.23. The van der Waals surface area contributed by atoms with Crippen LogP contribution in [0.15, 0.2) is 78.4 Å². The molecule has 0 unspecified atom stereocenters. The minimum atomic E-state index is -0.318. The number of rotatable bonds is 5. The molecule has 9 nitrogen and oxygen atoms in total. The molecule has 4 aromatic heterocycles. The highest BCUT2D eigenvalue weighted by Gasteiger charge is 2.15. The van der Waals surface area contributed by atoms with E-state index in [2.05, 4.69) is 35.5 Å². The van der Waals surface area contributed by atoms with E-state index in [0.29, 0.717) is 38.6 Å². The highest BCUT2D eigenvalue weighted by Crippen LogP contribution is 2.25. The van der Waals surface area contributed by atoms with E-state index in [1.807, 2.05) is 42.5 Å². The van der Waals surface area contributed by atoms with Crippen LogP contribution < -0.4 is 5.32 Å². The molecular formula is C24H15ClN8OS. The van der Waals surface area contributed by atoms with Crippen LogP contribution in [0.25, 0.3) is 38.9 Å². The topological polar surface area (TPSA) is 114 Å². The van der Waals surface area contributed by atoms with Gasteiger partial charge in [-0.3, -0.25) is 9.78 Å². The normalized spacial score (nSPS) is 11.1. The number of thiazole rings is 1. The molecule has 35 heavy (non-hydrogen) atoms. The Morgan fingerprint density at radius 2 is 1.89 bits per heavy atom. The van der Waals surface area contributed by atoms with E-state index in [-0.39, 0.29) is 5.91 Å². The molecule has 0 saturated carbocycles. The van der Waals surface area contributed by atoms with Gasteiger partial charge in [0.05, 0.1) is 27.9 Å². The number of para-hydroxylation sites is 1. The van der Waals surface area contributed by atoms with Crippen molar-refractivity contribution in [2.75, 3.05) is 5.32 Å². The first-order valence-corrected chi connectivity index (χ1v) is 11.7. The molecule has 1 amide bonds. The lowest BCUT2D eigenvalue weighted by atomic mass is 10.2. The molecule has 6 rings (SSSR count). The molecule has 2 aromatic carbocycles. The Hall–Kier alpha value is -4.41. The first-order chi connectivity index (χ1) is 17.1. The summed E-state index contributed by atoms with van der Waals surface area (Å²) in [6, 6.07) is 18.6. The number of imidazole rings is 1. The molecule has 4 heterocycles. The van der Waals surface area contributed by atoms with Crippen LogP contribution >= 0.6 is 22.9 Å². The highest BCUT2D eigenvalue weighted by molar-refractivity contribution is 7.13. The van der Waals surface area contributed by atoms with Gasteiger partial charge in [0.1, 0.15) is 22.1 Å². The fourth-order valence-corrected chi connectivity index (χ4v) is 4.32. The monoisotopic (exact) mass is 498 g/mol. The Balaban J connectivity index is 1.19. The van der Waals surface area contributed by atoms with Crippen molar-refractivity contribution in [1.82, 2.24) is 34.9 Å². The van der Waals surface area contributed by atoms with E-state index in [1.165, 1.54) is 16.1 Å². The average Bonchev–Trinajstić information content (AvgIpc) is 3.64. The standard InChI is InChI=1S/C24H15ClN8OS/c25-14-6-8-18(26-11-14)22-29-17-9-7-15(10-19(17)30-22)28-23(34)21-13-35-24(31-21)20-12-27-33(32-20)16-4-2-1-3-5-16/h1-13H,(H,28,34)(H,29,30). The summed E-state index contributed by atoms with van der Waals surface area (Å²) in [6.45, 7) is 0. The van der Waals surface area contributed by atoms with Crippen molar-refractivity contribution in [2.45, 2.75) is 0 Å². The summed E-state index contributed by atoms with van der Waals surface area (Å²) in [5.41, 5.74) is 4.56. The molecule has 0 aliphatic carbocycles. The van der Waals surface area contributed by atoms with Gasteiger partial charge in [-0.15, -0.1) is 16.4 Å². The van der Waals surface area contributed by atoms with Gasteiger partial charge in [0.25, 0.3) is 5.91 Å². The summed E-state index contributed by atoms with van der Waals surface area (Å²) in [7, 11) is 0. The minimum absolute atomic E-state index is 0.301. The second-order valence-corrected chi connectivity index (χ2v) is 8.82. The van der Waals surface area contributed by atoms with Crippen molar-refractivity contribution in [3.63, 3.8) is 0 Å². The smallest absolute Gasteiger partial charge is 0.275 e. The summed E-state index contributed by atoms with van der Waals surface area (Å²) in [5, 5.41) is 14.5. The SMILES string of the molecule is O=C(Nc1ccc2nc(-c3ccc(Cl)cn3)[nH]c2c1)c1csc(-c2cnn(-c3ccccc3)n2)n1. The van der Waals surface area contributed by atoms with Crippen molar-refractivity contribution in [1.29, 1.82) is 0 Å². The number of carbonyl (C=O) groups excluding carboxylic acids is 1. The molecule has 0 saturated heterocycles. The van der Waals surface area contributed by atoms with Gasteiger partial charge in [-0.1, -0.05) is 29.8 Å². The number of halogens is 1. The minimum Gasteiger partial charge on any atom is -0.337 e. The average molecular weight is 499 g/mol. The zero-order valence-corrected chi connectivity index (χ0v) is 19.5. The van der Waals surface area contributed by atoms with Gasteiger partial charge < -0.3 is 10.3 Å². The number of aromatic nitrogens is 7. The maximum atomic E-state index is 12.8. The lowest BCUT2D eigenvalue weighted by molar-refractivity contribution is 0.102. The van der Waals surface area contributed by atoms with Crippen molar-refractivity contribution < 1.29 is 4.79 Å². The van der Waals surface area contributed by atoms with Crippen molar-refractivity contribution in [2.24, 2.45) is 0 Å². The summed E-state index contributed by atoms with van der Waals surface area (Å²) < 4.78 is 0. The van der Waals surface area contributed by atoms with Crippen LogP contribution in [0.5, 0.6) is 0 Å². The van der Waals surface area contributed by atoms with Crippen LogP contribution in [0.2, 0.25) is 5.02 Å². The molecule has 2 N–H and O–H groups in total. The van der Waals surface area contributed by atoms with Gasteiger partial charge in [-0.05, 0) is 42.5 Å². The first-order valence-electron chi connectivity index (χ1n) is 10.5. The number of hydrogen-bond acceptors (Lipinski definition) is 7. The number of benzene rings is 2. The molecule has 0 radical (unpaired) electrons. The van der Waals surface area contributed by atoms with Gasteiger partial charge in [-0.2, -0.15) is 9.90 Å². The summed E-state index contributed by atoms with van der Waals surface area (Å²) >= 11 is 7.25. The van der Waals surface area contributed by atoms with E-state index in [1.54, 1.807) is 36.0 Å². The predicted molar refractivity (Wildman–Crippen MR) is 135 cm³/mol. The number of hydrogen-bond donors (Lipinski definition) is 2. The fraction of sp³-hybridized carbons (Fsp3) is 0. The Labute approximate surface area is 207 Å². The van der Waals surface area contributed by atoms with Crippen molar-refractivity contribution in [3.8, 4) is 27.9 Å². The molecule has 0 bridgehead atoms. The number of amides is 1. The molecule has 0 aliphatic rings. The number of fused-ring (bicyclic) bond motifs is 1. The molecule has 11 heteroatoms. The maximum absolute atomic E-state index is 12.8. The van der Waals surface area contributed by atoms with Crippen LogP contribution in [0.3, 0.4) is 0 Å². The fourth-order valence-electron chi connectivity index (χ4n) is 3.46. The van der Waals surface area contributed by atoms with E-state index in [9.17, 15) is 4.79 Å². The van der Waals surface area contributed by atoms with Gasteiger partial charge in [0, 0.05) is 17.3 Å². The van der Waals surface area contributed by atoms with E-state index >= 15 is 0 Å². The zero-order valence-electron chi connectivity index (χ0n) is 17.9. The summed E-state index contributed by atoms with van der Waals surface area (Å²) in [5.74, 6) is 0.300. The Kier molecular flexibility index (Phi) is 5.28. The first kappa shape index (κ1) is 21.1. The molecule has 6 aromatic rings. The molecule has 0 aliphatic heterocycles. The molecule has 0 fully saturated rings. The second-order valence-electron chi connectivity index (χ2n) is 7.53. The third kappa shape index (κ3) is 4.27. The van der Waals surface area contributed by atoms with E-state index < -0.39 is 0 Å². The van der Waals surface area contributed by atoms with Gasteiger partial charge in [-0.25, -0.2) is 9.97 Å². The van der Waals surface area contributed by atoms with Crippen molar-refractivity contribution in [3.05, 3.63) is 89.2 Å². The molecule has 170 valence electrons.